The van der Waals surface area contributed by atoms with E-state index in [1.54, 1.807) is 26.8 Å². The second kappa shape index (κ2) is 8.82. The molecule has 2 aliphatic rings. The molecule has 0 spiro atoms. The minimum absolute atomic E-state index is 0.116. The number of halogens is 1. The van der Waals surface area contributed by atoms with Gasteiger partial charge in [-0.15, -0.1) is 0 Å². The van der Waals surface area contributed by atoms with Crippen LogP contribution in [0.4, 0.5) is 9.18 Å². The summed E-state index contributed by atoms with van der Waals surface area (Å²) in [5, 5.41) is 0. The summed E-state index contributed by atoms with van der Waals surface area (Å²) in [5.74, 6) is 0.344. The van der Waals surface area contributed by atoms with Crippen LogP contribution in [0.25, 0.3) is 0 Å². The van der Waals surface area contributed by atoms with Crippen molar-refractivity contribution >= 4 is 13.2 Å². The summed E-state index contributed by atoms with van der Waals surface area (Å²) in [6.07, 6.45) is -0.319. The summed E-state index contributed by atoms with van der Waals surface area (Å²) in [7, 11) is -1.37. The second-order valence-electron chi connectivity index (χ2n) is 11.2. The molecule has 2 aliphatic heterocycles. The van der Waals surface area contributed by atoms with Crippen molar-refractivity contribution in [2.45, 2.75) is 84.0 Å². The molecule has 0 aliphatic carbocycles. The highest BCUT2D eigenvalue weighted by molar-refractivity contribution is 6.49. The van der Waals surface area contributed by atoms with Crippen molar-refractivity contribution in [3.05, 3.63) is 65.2 Å². The molecule has 1 saturated heterocycles. The first-order chi connectivity index (χ1) is 16.2. The number of rotatable bonds is 4. The van der Waals surface area contributed by atoms with Gasteiger partial charge in [-0.2, -0.15) is 0 Å². The molecule has 4 rings (SSSR count). The van der Waals surface area contributed by atoms with Gasteiger partial charge in [-0.3, -0.25) is 4.90 Å². The van der Waals surface area contributed by atoms with Crippen LogP contribution < -0.4 is 4.74 Å². The maximum atomic E-state index is 17.7. The lowest BCUT2D eigenvalue weighted by Crippen LogP contribution is -2.61. The highest BCUT2D eigenvalue weighted by atomic mass is 19.1. The lowest BCUT2D eigenvalue weighted by Gasteiger charge is -2.43. The minimum Gasteiger partial charge on any atom is -0.488 e. The van der Waals surface area contributed by atoms with Crippen molar-refractivity contribution < 1.29 is 28.0 Å². The Hall–Kier alpha value is -2.58. The Kier molecular flexibility index (Phi) is 6.43. The molecular weight excluding hydrogens is 448 g/mol. The summed E-state index contributed by atoms with van der Waals surface area (Å²) in [5.41, 5.74) is -2.92. The number of nitrogens with zero attached hydrogens (tertiary/aromatic N) is 1. The van der Waals surface area contributed by atoms with Gasteiger partial charge in [0.1, 0.15) is 18.0 Å². The Bertz CT molecular complexity index is 1070. The van der Waals surface area contributed by atoms with Crippen molar-refractivity contribution in [3.63, 3.8) is 0 Å². The topological polar surface area (TPSA) is 57.2 Å². The van der Waals surface area contributed by atoms with Gasteiger partial charge in [0.2, 0.25) is 0 Å². The van der Waals surface area contributed by atoms with Crippen LogP contribution in [0, 0.1) is 0 Å². The van der Waals surface area contributed by atoms with E-state index in [9.17, 15) is 4.79 Å². The molecule has 8 heteroatoms. The fourth-order valence-electron chi connectivity index (χ4n) is 4.35. The van der Waals surface area contributed by atoms with Gasteiger partial charge in [0, 0.05) is 6.54 Å². The number of hydrogen-bond acceptors (Lipinski definition) is 5. The molecule has 188 valence electrons. The van der Waals surface area contributed by atoms with Crippen molar-refractivity contribution in [1.82, 2.24) is 4.90 Å². The summed E-state index contributed by atoms with van der Waals surface area (Å²) in [4.78, 5) is 14.4. The number of alkyl halides is 1. The molecule has 1 amide bonds. The van der Waals surface area contributed by atoms with Gasteiger partial charge >= 0.3 is 13.2 Å². The van der Waals surface area contributed by atoms with Crippen LogP contribution in [0.1, 0.15) is 65.2 Å². The highest BCUT2D eigenvalue weighted by Crippen LogP contribution is 2.50. The normalized spacial score (nSPS) is 23.1. The summed E-state index contributed by atoms with van der Waals surface area (Å²) >= 11 is 0. The summed E-state index contributed by atoms with van der Waals surface area (Å²) in [6.45, 7) is 13.1. The number of benzene rings is 2. The average molecular weight is 483 g/mol. The summed E-state index contributed by atoms with van der Waals surface area (Å²) in [6, 6.07) is 15.1. The van der Waals surface area contributed by atoms with Gasteiger partial charge < -0.3 is 18.8 Å². The smallest absolute Gasteiger partial charge is 0.488 e. The van der Waals surface area contributed by atoms with Gasteiger partial charge in [0.15, 0.2) is 0 Å². The predicted octanol–water partition coefficient (Wildman–Crippen LogP) is 5.81. The molecule has 1 atom stereocenters. The highest BCUT2D eigenvalue weighted by Gasteiger charge is 2.67. The Morgan fingerprint density at radius 2 is 1.66 bits per heavy atom. The van der Waals surface area contributed by atoms with Crippen LogP contribution in [0.5, 0.6) is 5.75 Å². The molecular formula is C27H35BFNO5. The lowest BCUT2D eigenvalue weighted by molar-refractivity contribution is -0.0406. The molecule has 0 aromatic heterocycles. The van der Waals surface area contributed by atoms with E-state index in [0.29, 0.717) is 12.2 Å². The molecule has 35 heavy (non-hydrogen) atoms. The number of fused-ring (bicyclic) bond motifs is 1. The number of hydrogen-bond donors (Lipinski definition) is 0. The Morgan fingerprint density at radius 1 is 1.03 bits per heavy atom. The van der Waals surface area contributed by atoms with Crippen LogP contribution in [0.2, 0.25) is 0 Å². The van der Waals surface area contributed by atoms with Crippen LogP contribution in [-0.2, 0) is 32.8 Å². The monoisotopic (exact) mass is 483 g/mol. The van der Waals surface area contributed by atoms with Crippen LogP contribution in [0.3, 0.4) is 0 Å². The first kappa shape index (κ1) is 25.5. The van der Waals surface area contributed by atoms with Crippen LogP contribution in [-0.4, -0.2) is 41.5 Å². The van der Waals surface area contributed by atoms with Gasteiger partial charge in [0.05, 0.1) is 16.8 Å². The zero-order valence-corrected chi connectivity index (χ0v) is 21.7. The van der Waals surface area contributed by atoms with E-state index in [2.05, 4.69) is 0 Å². The van der Waals surface area contributed by atoms with E-state index in [0.717, 1.165) is 16.0 Å². The van der Waals surface area contributed by atoms with Crippen LogP contribution in [0.15, 0.2) is 48.5 Å². The number of ether oxygens (including phenoxy) is 2. The molecule has 2 aromatic carbocycles. The van der Waals surface area contributed by atoms with E-state index >= 15 is 4.39 Å². The molecule has 0 saturated carbocycles. The number of amides is 1. The zero-order chi connectivity index (χ0) is 25.6. The number of carbonyl (C=O) groups excluding carboxylic acids is 1. The third kappa shape index (κ3) is 4.78. The maximum absolute atomic E-state index is 17.7. The predicted molar refractivity (Wildman–Crippen MR) is 133 cm³/mol. The fourth-order valence-corrected chi connectivity index (χ4v) is 4.35. The minimum atomic E-state index is -2.46. The molecule has 0 bridgehead atoms. The first-order valence-electron chi connectivity index (χ1n) is 12.1. The van der Waals surface area contributed by atoms with E-state index in [1.807, 2.05) is 70.2 Å². The van der Waals surface area contributed by atoms with Gasteiger partial charge in [-0.05, 0) is 72.1 Å². The molecule has 1 unspecified atom stereocenters. The van der Waals surface area contributed by atoms with Crippen LogP contribution >= 0.6 is 0 Å². The lowest BCUT2D eigenvalue weighted by atomic mass is 9.66. The molecule has 2 heterocycles. The Morgan fingerprint density at radius 3 is 2.26 bits per heavy atom. The third-order valence-corrected chi connectivity index (χ3v) is 6.88. The van der Waals surface area contributed by atoms with Gasteiger partial charge in [-0.25, -0.2) is 9.18 Å². The molecule has 1 fully saturated rings. The third-order valence-electron chi connectivity index (χ3n) is 6.88. The first-order valence-corrected chi connectivity index (χ1v) is 12.1. The maximum Gasteiger partial charge on any atom is 0.525 e. The van der Waals surface area contributed by atoms with E-state index in [4.69, 9.17) is 18.8 Å². The summed E-state index contributed by atoms with van der Waals surface area (Å²) < 4.78 is 41.9. The second-order valence-corrected chi connectivity index (χ2v) is 11.2. The SMILES string of the molecule is CC(C)(C)OC(=O)N1CCc2cccc(OCc3ccccc3)c2C1(F)B1OC(C)(C)C(C)(C)O1. The Labute approximate surface area is 207 Å². The van der Waals surface area contributed by atoms with Crippen molar-refractivity contribution in [3.8, 4) is 5.75 Å². The molecule has 0 N–H and O–H groups in total. The van der Waals surface area contributed by atoms with Crippen molar-refractivity contribution in [2.75, 3.05) is 6.54 Å². The van der Waals surface area contributed by atoms with E-state index < -0.39 is 35.7 Å². The Balaban J connectivity index is 1.80. The quantitative estimate of drug-likeness (QED) is 0.406. The molecule has 6 nitrogen and oxygen atoms in total. The average Bonchev–Trinajstić information content (AvgIpc) is 2.99. The van der Waals surface area contributed by atoms with Crippen molar-refractivity contribution in [2.24, 2.45) is 0 Å². The molecule has 2 aromatic rings. The fraction of sp³-hybridized carbons (Fsp3) is 0.519. The van der Waals surface area contributed by atoms with Gasteiger partial charge in [-0.1, -0.05) is 42.5 Å². The van der Waals surface area contributed by atoms with E-state index in [-0.39, 0.29) is 18.7 Å². The van der Waals surface area contributed by atoms with Gasteiger partial charge in [0.25, 0.3) is 5.69 Å². The zero-order valence-electron chi connectivity index (χ0n) is 21.7. The largest absolute Gasteiger partial charge is 0.525 e. The standard InChI is InChI=1S/C27H35BFNO5/c1-24(2,3)33-23(31)30-17-16-20-14-11-15-21(32-18-19-12-9-8-10-13-19)22(20)27(30,29)28-34-25(4,5)26(6,7)35-28/h8-15H,16-18H2,1-7H3. The van der Waals surface area contributed by atoms with Crippen molar-refractivity contribution in [1.29, 1.82) is 0 Å². The molecule has 0 radical (unpaired) electrons. The van der Waals surface area contributed by atoms with E-state index in [1.165, 1.54) is 0 Å². The number of carbonyl (C=O) groups is 1.